The van der Waals surface area contributed by atoms with Crippen LogP contribution in [0, 0.1) is 0 Å². The molecule has 0 amide bonds. The highest BCUT2D eigenvalue weighted by atomic mass is 79.9. The summed E-state index contributed by atoms with van der Waals surface area (Å²) in [6, 6.07) is 9.89. The first-order chi connectivity index (χ1) is 11.6. The summed E-state index contributed by atoms with van der Waals surface area (Å²) in [5, 5.41) is 0.487. The predicted octanol–water partition coefficient (Wildman–Crippen LogP) is 2.55. The van der Waals surface area contributed by atoms with Crippen LogP contribution in [0.5, 0.6) is 0 Å². The summed E-state index contributed by atoms with van der Waals surface area (Å²) in [4.78, 5) is 38.6. The molecule has 1 aromatic carbocycles. The maximum absolute atomic E-state index is 11.9. The van der Waals surface area contributed by atoms with Gasteiger partial charge in [-0.05, 0) is 21.5 Å². The average Bonchev–Trinajstić information content (AvgIpc) is 2.59. The molecule has 24 heavy (non-hydrogen) atoms. The number of fused-ring (bicyclic) bond motifs is 1. The maximum Gasteiger partial charge on any atom is 0.362 e. The molecule has 0 aliphatic rings. The fourth-order valence-corrected chi connectivity index (χ4v) is 3.31. The number of hydrogen-bond acceptors (Lipinski definition) is 7. The molecule has 0 fully saturated rings. The Balaban J connectivity index is 1.95. The summed E-state index contributed by atoms with van der Waals surface area (Å²) < 4.78 is 4.93. The Morgan fingerprint density at radius 1 is 1.25 bits per heavy atom. The van der Waals surface area contributed by atoms with Crippen molar-refractivity contribution in [3.8, 4) is 0 Å². The van der Waals surface area contributed by atoms with E-state index in [0.29, 0.717) is 21.0 Å². The third kappa shape index (κ3) is 3.46. The van der Waals surface area contributed by atoms with E-state index in [9.17, 15) is 9.59 Å². The van der Waals surface area contributed by atoms with E-state index in [4.69, 9.17) is 0 Å². The Labute approximate surface area is 149 Å². The van der Waals surface area contributed by atoms with Gasteiger partial charge in [-0.3, -0.25) is 4.79 Å². The number of esters is 1. The van der Waals surface area contributed by atoms with Crippen LogP contribution < -0.4 is 5.56 Å². The fourth-order valence-electron chi connectivity index (χ4n) is 1.95. The fraction of sp³-hybridized carbons (Fsp3) is 0.133. The molecular weight excluding hydrogens is 396 g/mol. The second kappa shape index (κ2) is 7.10. The number of halogens is 1. The number of hydrogen-bond donors (Lipinski definition) is 1. The third-order valence-corrected chi connectivity index (χ3v) is 4.55. The van der Waals surface area contributed by atoms with Crippen molar-refractivity contribution >= 4 is 44.8 Å². The SMILES string of the molecule is COC(=O)c1nc2c(Br)nc(SCc3ccccc3)nc2[nH]c1=O. The van der Waals surface area contributed by atoms with E-state index in [1.807, 2.05) is 30.3 Å². The van der Waals surface area contributed by atoms with Gasteiger partial charge in [0, 0.05) is 5.75 Å². The van der Waals surface area contributed by atoms with Gasteiger partial charge >= 0.3 is 5.97 Å². The molecule has 3 aromatic rings. The minimum absolute atomic E-state index is 0.255. The summed E-state index contributed by atoms with van der Waals surface area (Å²) in [6.45, 7) is 0. The van der Waals surface area contributed by atoms with Gasteiger partial charge in [0.25, 0.3) is 5.56 Å². The first-order valence-corrected chi connectivity index (χ1v) is 8.59. The highest BCUT2D eigenvalue weighted by Gasteiger charge is 2.17. The summed E-state index contributed by atoms with van der Waals surface area (Å²) in [5.74, 6) is -0.121. The maximum atomic E-state index is 11.9. The third-order valence-electron chi connectivity index (χ3n) is 3.08. The van der Waals surface area contributed by atoms with Crippen molar-refractivity contribution in [3.63, 3.8) is 0 Å². The number of nitrogens with zero attached hydrogens (tertiary/aromatic N) is 3. The van der Waals surface area contributed by atoms with Crippen LogP contribution >= 0.6 is 27.7 Å². The molecule has 0 bridgehead atoms. The lowest BCUT2D eigenvalue weighted by atomic mass is 10.2. The zero-order valence-corrected chi connectivity index (χ0v) is 14.8. The topological polar surface area (TPSA) is 97.8 Å². The lowest BCUT2D eigenvalue weighted by Crippen LogP contribution is -2.22. The van der Waals surface area contributed by atoms with Gasteiger partial charge in [-0.1, -0.05) is 42.1 Å². The van der Waals surface area contributed by atoms with E-state index in [1.165, 1.54) is 18.9 Å². The molecule has 122 valence electrons. The molecule has 0 saturated heterocycles. The van der Waals surface area contributed by atoms with Gasteiger partial charge in [-0.25, -0.2) is 19.7 Å². The van der Waals surface area contributed by atoms with Crippen LogP contribution in [-0.2, 0) is 10.5 Å². The van der Waals surface area contributed by atoms with Crippen molar-refractivity contribution in [2.75, 3.05) is 7.11 Å². The molecule has 3 rings (SSSR count). The molecule has 1 N–H and O–H groups in total. The zero-order valence-electron chi connectivity index (χ0n) is 12.4. The van der Waals surface area contributed by atoms with E-state index in [2.05, 4.69) is 40.6 Å². The van der Waals surface area contributed by atoms with Crippen molar-refractivity contribution in [3.05, 3.63) is 56.5 Å². The minimum Gasteiger partial charge on any atom is -0.464 e. The molecule has 0 unspecified atom stereocenters. The van der Waals surface area contributed by atoms with Crippen LogP contribution in [-0.4, -0.2) is 33.0 Å². The summed E-state index contributed by atoms with van der Waals surface area (Å²) >= 11 is 4.73. The molecule has 7 nitrogen and oxygen atoms in total. The number of ether oxygens (including phenoxy) is 1. The van der Waals surface area contributed by atoms with Gasteiger partial charge in [-0.2, -0.15) is 0 Å². The molecule has 0 saturated carbocycles. The molecule has 0 aliphatic carbocycles. The largest absolute Gasteiger partial charge is 0.464 e. The van der Waals surface area contributed by atoms with Crippen molar-refractivity contribution in [1.82, 2.24) is 19.9 Å². The van der Waals surface area contributed by atoms with E-state index < -0.39 is 11.5 Å². The predicted molar refractivity (Wildman–Crippen MR) is 93.0 cm³/mol. The highest BCUT2D eigenvalue weighted by molar-refractivity contribution is 9.10. The van der Waals surface area contributed by atoms with Gasteiger partial charge in [0.15, 0.2) is 10.8 Å². The number of methoxy groups -OCH3 is 1. The number of carbonyl (C=O) groups excluding carboxylic acids is 1. The monoisotopic (exact) mass is 406 g/mol. The first-order valence-electron chi connectivity index (χ1n) is 6.81. The first kappa shape index (κ1) is 16.6. The molecule has 0 radical (unpaired) electrons. The molecule has 2 aromatic heterocycles. The summed E-state index contributed by atoms with van der Waals surface area (Å²) in [7, 11) is 1.18. The quantitative estimate of drug-likeness (QED) is 0.307. The van der Waals surface area contributed by atoms with Crippen molar-refractivity contribution in [2.24, 2.45) is 0 Å². The number of H-pyrrole nitrogens is 1. The minimum atomic E-state index is -0.812. The lowest BCUT2D eigenvalue weighted by Gasteiger charge is -2.05. The summed E-state index contributed by atoms with van der Waals surface area (Å²) in [5.41, 5.74) is 0.692. The number of nitrogens with one attached hydrogen (secondary N) is 1. The smallest absolute Gasteiger partial charge is 0.362 e. The molecule has 0 spiro atoms. The number of thioether (sulfide) groups is 1. The molecule has 2 heterocycles. The Morgan fingerprint density at radius 3 is 2.71 bits per heavy atom. The van der Waals surface area contributed by atoms with E-state index in [-0.39, 0.29) is 11.3 Å². The van der Waals surface area contributed by atoms with Gasteiger partial charge in [0.2, 0.25) is 5.69 Å². The number of aromatic nitrogens is 4. The van der Waals surface area contributed by atoms with E-state index in [1.54, 1.807) is 0 Å². The van der Waals surface area contributed by atoms with Crippen LogP contribution in [0.1, 0.15) is 16.1 Å². The Bertz CT molecular complexity index is 962. The molecule has 9 heteroatoms. The van der Waals surface area contributed by atoms with Crippen LogP contribution in [0.25, 0.3) is 11.2 Å². The van der Waals surface area contributed by atoms with Crippen molar-refractivity contribution in [2.45, 2.75) is 10.9 Å². The second-order valence-corrected chi connectivity index (χ2v) is 6.37. The molecule has 0 atom stereocenters. The van der Waals surface area contributed by atoms with Crippen molar-refractivity contribution < 1.29 is 9.53 Å². The van der Waals surface area contributed by atoms with Crippen molar-refractivity contribution in [1.29, 1.82) is 0 Å². The number of carbonyl (C=O) groups is 1. The van der Waals surface area contributed by atoms with Gasteiger partial charge in [0.1, 0.15) is 10.1 Å². The standard InChI is InChI=1S/C15H11BrN4O3S/c1-23-14(22)10-13(21)19-12-9(17-10)11(16)18-15(20-12)24-7-8-5-3-2-4-6-8/h2-6H,7H2,1H3,(H,18,19,20,21). The normalized spacial score (nSPS) is 10.8. The highest BCUT2D eigenvalue weighted by Crippen LogP contribution is 2.24. The zero-order chi connectivity index (χ0) is 17.1. The molecular formula is C15H11BrN4O3S. The van der Waals surface area contributed by atoms with Crippen LogP contribution in [0.3, 0.4) is 0 Å². The molecule has 0 aliphatic heterocycles. The number of benzene rings is 1. The van der Waals surface area contributed by atoms with Gasteiger partial charge in [-0.15, -0.1) is 0 Å². The lowest BCUT2D eigenvalue weighted by molar-refractivity contribution is 0.0592. The number of aromatic amines is 1. The van der Waals surface area contributed by atoms with E-state index >= 15 is 0 Å². The van der Waals surface area contributed by atoms with Crippen LogP contribution in [0.2, 0.25) is 0 Å². The second-order valence-electron chi connectivity index (χ2n) is 4.67. The van der Waals surface area contributed by atoms with E-state index in [0.717, 1.165) is 5.56 Å². The Kier molecular flexibility index (Phi) is 4.91. The average molecular weight is 407 g/mol. The number of rotatable bonds is 4. The Hall–Kier alpha value is -2.26. The van der Waals surface area contributed by atoms with Gasteiger partial charge in [0.05, 0.1) is 7.11 Å². The Morgan fingerprint density at radius 2 is 2.00 bits per heavy atom. The van der Waals surface area contributed by atoms with Crippen LogP contribution in [0.4, 0.5) is 0 Å². The summed E-state index contributed by atoms with van der Waals surface area (Å²) in [6.07, 6.45) is 0. The van der Waals surface area contributed by atoms with Crippen LogP contribution in [0.15, 0.2) is 44.9 Å². The van der Waals surface area contributed by atoms with Gasteiger partial charge < -0.3 is 9.72 Å².